The minimum Gasteiger partial charge on any atom is -0.378 e. The number of ether oxygens (including phenoxy) is 1. The number of hydrogen-bond donors (Lipinski definition) is 1. The molecule has 3 saturated heterocycles. The molecule has 3 aliphatic heterocycles. The molecule has 4 unspecified atom stereocenters. The predicted octanol–water partition coefficient (Wildman–Crippen LogP) is 2.94. The van der Waals surface area contributed by atoms with Gasteiger partial charge in [0.2, 0.25) is 0 Å². The molecule has 3 heteroatoms. The van der Waals surface area contributed by atoms with Gasteiger partial charge in [0.15, 0.2) is 0 Å². The summed E-state index contributed by atoms with van der Waals surface area (Å²) in [6.07, 6.45) is 12.4. The summed E-state index contributed by atoms with van der Waals surface area (Å²) in [6.45, 7) is 3.22. The van der Waals surface area contributed by atoms with Gasteiger partial charge in [-0.15, -0.1) is 0 Å². The molecule has 3 heterocycles. The normalized spacial score (nSPS) is 42.6. The zero-order valence-corrected chi connectivity index (χ0v) is 13.3. The first-order chi connectivity index (χ1) is 9.76. The SMILES string of the molecule is CCCC1CC(NC2CC3CCCC(C2)N3C)CCO1. The van der Waals surface area contributed by atoms with E-state index in [1.54, 1.807) is 0 Å². The molecule has 4 atom stereocenters. The highest BCUT2D eigenvalue weighted by Gasteiger charge is 2.37. The quantitative estimate of drug-likeness (QED) is 0.857. The third kappa shape index (κ3) is 3.37. The van der Waals surface area contributed by atoms with Gasteiger partial charge < -0.3 is 15.0 Å². The van der Waals surface area contributed by atoms with Crippen LogP contribution in [0.15, 0.2) is 0 Å². The Balaban J connectivity index is 1.50. The van der Waals surface area contributed by atoms with Crippen molar-refractivity contribution in [2.24, 2.45) is 0 Å². The van der Waals surface area contributed by atoms with Crippen molar-refractivity contribution in [3.05, 3.63) is 0 Å². The maximum atomic E-state index is 5.88. The maximum absolute atomic E-state index is 5.88. The van der Waals surface area contributed by atoms with Gasteiger partial charge >= 0.3 is 0 Å². The van der Waals surface area contributed by atoms with Crippen LogP contribution in [0.3, 0.4) is 0 Å². The molecule has 116 valence electrons. The standard InChI is InChI=1S/C17H32N2O/c1-3-5-17-12-13(8-9-20-17)18-14-10-15-6-4-7-16(11-14)19(15)2/h13-18H,3-12H2,1-2H3. The lowest BCUT2D eigenvalue weighted by atomic mass is 9.81. The number of rotatable bonds is 4. The lowest BCUT2D eigenvalue weighted by Crippen LogP contribution is -2.56. The summed E-state index contributed by atoms with van der Waals surface area (Å²) >= 11 is 0. The van der Waals surface area contributed by atoms with Gasteiger partial charge in [-0.25, -0.2) is 0 Å². The van der Waals surface area contributed by atoms with E-state index in [1.165, 1.54) is 57.8 Å². The Bertz CT molecular complexity index is 293. The van der Waals surface area contributed by atoms with Crippen molar-refractivity contribution in [1.29, 1.82) is 0 Å². The van der Waals surface area contributed by atoms with E-state index in [9.17, 15) is 0 Å². The molecule has 3 fully saturated rings. The van der Waals surface area contributed by atoms with Crippen molar-refractivity contribution >= 4 is 0 Å². The maximum Gasteiger partial charge on any atom is 0.0589 e. The average molecular weight is 280 g/mol. The summed E-state index contributed by atoms with van der Waals surface area (Å²) in [5, 5.41) is 3.99. The average Bonchev–Trinajstić information content (AvgIpc) is 2.41. The van der Waals surface area contributed by atoms with Gasteiger partial charge in [-0.2, -0.15) is 0 Å². The lowest BCUT2D eigenvalue weighted by Gasteiger charge is -2.48. The van der Waals surface area contributed by atoms with Gasteiger partial charge in [0.1, 0.15) is 0 Å². The first-order valence-electron chi connectivity index (χ1n) is 8.85. The highest BCUT2D eigenvalue weighted by molar-refractivity contribution is 4.95. The molecule has 3 rings (SSSR count). The number of hydrogen-bond acceptors (Lipinski definition) is 3. The van der Waals surface area contributed by atoms with E-state index in [2.05, 4.69) is 24.2 Å². The van der Waals surface area contributed by atoms with Crippen LogP contribution in [0, 0.1) is 0 Å². The summed E-state index contributed by atoms with van der Waals surface area (Å²) < 4.78 is 5.88. The largest absolute Gasteiger partial charge is 0.378 e. The van der Waals surface area contributed by atoms with E-state index < -0.39 is 0 Å². The Kier molecular flexibility index (Phi) is 5.00. The van der Waals surface area contributed by atoms with Gasteiger partial charge in [0.25, 0.3) is 0 Å². The van der Waals surface area contributed by atoms with Crippen LogP contribution < -0.4 is 5.32 Å². The van der Waals surface area contributed by atoms with Crippen LogP contribution in [0.1, 0.15) is 64.7 Å². The Labute approximate surface area is 124 Å². The van der Waals surface area contributed by atoms with Crippen molar-refractivity contribution in [1.82, 2.24) is 10.2 Å². The van der Waals surface area contributed by atoms with E-state index in [-0.39, 0.29) is 0 Å². The second kappa shape index (κ2) is 6.76. The molecule has 0 amide bonds. The molecule has 0 aromatic rings. The van der Waals surface area contributed by atoms with Crippen LogP contribution in [-0.2, 0) is 4.74 Å². The fourth-order valence-corrected chi connectivity index (χ4v) is 4.64. The number of nitrogens with zero attached hydrogens (tertiary/aromatic N) is 1. The zero-order valence-electron chi connectivity index (χ0n) is 13.3. The molecule has 20 heavy (non-hydrogen) atoms. The molecule has 0 aromatic carbocycles. The van der Waals surface area contributed by atoms with E-state index >= 15 is 0 Å². The Morgan fingerprint density at radius 1 is 1.05 bits per heavy atom. The van der Waals surface area contributed by atoms with Crippen LogP contribution in [-0.4, -0.2) is 48.8 Å². The van der Waals surface area contributed by atoms with Crippen molar-refractivity contribution < 1.29 is 4.74 Å². The molecule has 0 aliphatic carbocycles. The molecule has 3 nitrogen and oxygen atoms in total. The third-order valence-electron chi connectivity index (χ3n) is 5.79. The Morgan fingerprint density at radius 3 is 2.50 bits per heavy atom. The molecular weight excluding hydrogens is 248 g/mol. The molecule has 1 N–H and O–H groups in total. The van der Waals surface area contributed by atoms with Crippen molar-refractivity contribution in [3.8, 4) is 0 Å². The highest BCUT2D eigenvalue weighted by atomic mass is 16.5. The van der Waals surface area contributed by atoms with Gasteiger partial charge in [-0.3, -0.25) is 0 Å². The molecular formula is C17H32N2O. The second-order valence-electron chi connectivity index (χ2n) is 7.24. The van der Waals surface area contributed by atoms with Crippen molar-refractivity contribution in [2.45, 2.75) is 95.0 Å². The predicted molar refractivity (Wildman–Crippen MR) is 83.0 cm³/mol. The fraction of sp³-hybridized carbons (Fsp3) is 1.00. The van der Waals surface area contributed by atoms with Crippen LogP contribution in [0.4, 0.5) is 0 Å². The molecule has 0 radical (unpaired) electrons. The fourth-order valence-electron chi connectivity index (χ4n) is 4.64. The second-order valence-corrected chi connectivity index (χ2v) is 7.24. The molecule has 0 saturated carbocycles. The lowest BCUT2D eigenvalue weighted by molar-refractivity contribution is -0.0119. The zero-order chi connectivity index (χ0) is 13.9. The van der Waals surface area contributed by atoms with Gasteiger partial charge in [0, 0.05) is 30.8 Å². The summed E-state index contributed by atoms with van der Waals surface area (Å²) in [5.74, 6) is 0. The van der Waals surface area contributed by atoms with Crippen LogP contribution in [0.2, 0.25) is 0 Å². The van der Waals surface area contributed by atoms with E-state index in [1.807, 2.05) is 0 Å². The number of fused-ring (bicyclic) bond motifs is 2. The topological polar surface area (TPSA) is 24.5 Å². The van der Waals surface area contributed by atoms with Crippen LogP contribution >= 0.6 is 0 Å². The van der Waals surface area contributed by atoms with E-state index in [0.717, 1.165) is 24.7 Å². The summed E-state index contributed by atoms with van der Waals surface area (Å²) in [7, 11) is 2.34. The summed E-state index contributed by atoms with van der Waals surface area (Å²) in [6, 6.07) is 3.14. The summed E-state index contributed by atoms with van der Waals surface area (Å²) in [4.78, 5) is 2.66. The molecule has 0 aromatic heterocycles. The first-order valence-corrected chi connectivity index (χ1v) is 8.85. The molecule has 0 spiro atoms. The first kappa shape index (κ1) is 14.8. The third-order valence-corrected chi connectivity index (χ3v) is 5.79. The van der Waals surface area contributed by atoms with Gasteiger partial charge in [-0.05, 0) is 52.0 Å². The van der Waals surface area contributed by atoms with Gasteiger partial charge in [-0.1, -0.05) is 19.8 Å². The Hall–Kier alpha value is -0.120. The minimum atomic E-state index is 0.511. The van der Waals surface area contributed by atoms with Gasteiger partial charge in [0.05, 0.1) is 6.10 Å². The minimum absolute atomic E-state index is 0.511. The van der Waals surface area contributed by atoms with Crippen LogP contribution in [0.25, 0.3) is 0 Å². The van der Waals surface area contributed by atoms with Crippen LogP contribution in [0.5, 0.6) is 0 Å². The molecule has 3 aliphatic rings. The number of nitrogens with one attached hydrogen (secondary N) is 1. The van der Waals surface area contributed by atoms with E-state index in [0.29, 0.717) is 12.1 Å². The van der Waals surface area contributed by atoms with Crippen molar-refractivity contribution in [3.63, 3.8) is 0 Å². The molecule has 2 bridgehead atoms. The smallest absolute Gasteiger partial charge is 0.0589 e. The van der Waals surface area contributed by atoms with E-state index in [4.69, 9.17) is 4.74 Å². The highest BCUT2D eigenvalue weighted by Crippen LogP contribution is 2.33. The number of piperidine rings is 2. The monoisotopic (exact) mass is 280 g/mol. The van der Waals surface area contributed by atoms with Crippen molar-refractivity contribution in [2.75, 3.05) is 13.7 Å². The Morgan fingerprint density at radius 2 is 1.80 bits per heavy atom. The summed E-state index contributed by atoms with van der Waals surface area (Å²) in [5.41, 5.74) is 0.